The molecule has 2 aromatic rings. The van der Waals surface area contributed by atoms with Crippen LogP contribution in [0.4, 0.5) is 15.9 Å². The summed E-state index contributed by atoms with van der Waals surface area (Å²) >= 11 is 0. The Hall–Kier alpha value is -2.10. The number of ether oxygens (including phenoxy) is 1. The number of aromatic nitrogens is 1. The first-order chi connectivity index (χ1) is 8.19. The minimum Gasteiger partial charge on any atom is -0.496 e. The minimum atomic E-state index is -0.500. The van der Waals surface area contributed by atoms with Crippen molar-refractivity contribution >= 4 is 11.5 Å². The van der Waals surface area contributed by atoms with Gasteiger partial charge in [0.2, 0.25) is 5.95 Å². The molecule has 0 aliphatic heterocycles. The van der Waals surface area contributed by atoms with Gasteiger partial charge in [-0.2, -0.15) is 4.39 Å². The van der Waals surface area contributed by atoms with E-state index >= 15 is 0 Å². The quantitative estimate of drug-likeness (QED) is 0.824. The van der Waals surface area contributed by atoms with Crippen molar-refractivity contribution in [2.24, 2.45) is 0 Å². The molecule has 1 N–H and O–H groups in total. The normalized spacial score (nSPS) is 10.1. The first kappa shape index (κ1) is 11.4. The second-order valence-corrected chi connectivity index (χ2v) is 3.65. The monoisotopic (exact) mass is 232 g/mol. The lowest BCUT2D eigenvalue weighted by molar-refractivity contribution is 0.412. The van der Waals surface area contributed by atoms with Gasteiger partial charge in [-0.1, -0.05) is 6.07 Å². The fourth-order valence-electron chi connectivity index (χ4n) is 1.58. The van der Waals surface area contributed by atoms with Crippen LogP contribution in [0, 0.1) is 12.9 Å². The lowest BCUT2D eigenvalue weighted by Gasteiger charge is -2.09. The van der Waals surface area contributed by atoms with E-state index in [0.29, 0.717) is 5.82 Å². The van der Waals surface area contributed by atoms with Gasteiger partial charge in [0.15, 0.2) is 0 Å². The van der Waals surface area contributed by atoms with Crippen LogP contribution in [0.25, 0.3) is 0 Å². The van der Waals surface area contributed by atoms with Crippen molar-refractivity contribution in [1.29, 1.82) is 0 Å². The van der Waals surface area contributed by atoms with E-state index in [0.717, 1.165) is 17.0 Å². The van der Waals surface area contributed by atoms with Crippen molar-refractivity contribution in [2.45, 2.75) is 6.92 Å². The van der Waals surface area contributed by atoms with Crippen LogP contribution < -0.4 is 10.1 Å². The molecule has 17 heavy (non-hydrogen) atoms. The Morgan fingerprint density at radius 1 is 1.24 bits per heavy atom. The average molecular weight is 232 g/mol. The molecule has 0 fully saturated rings. The fourth-order valence-corrected chi connectivity index (χ4v) is 1.58. The minimum absolute atomic E-state index is 0.481. The molecule has 2 rings (SSSR count). The summed E-state index contributed by atoms with van der Waals surface area (Å²) in [7, 11) is 1.63. The Balaban J connectivity index is 2.22. The number of aryl methyl sites for hydroxylation is 1. The highest BCUT2D eigenvalue weighted by atomic mass is 19.1. The van der Waals surface area contributed by atoms with E-state index in [1.54, 1.807) is 19.2 Å². The van der Waals surface area contributed by atoms with Gasteiger partial charge in [-0.3, -0.25) is 0 Å². The molecule has 0 saturated carbocycles. The molecule has 88 valence electrons. The van der Waals surface area contributed by atoms with Gasteiger partial charge in [-0.15, -0.1) is 0 Å². The lowest BCUT2D eigenvalue weighted by Crippen LogP contribution is -1.96. The summed E-state index contributed by atoms with van der Waals surface area (Å²) in [6, 6.07) is 10.3. The summed E-state index contributed by atoms with van der Waals surface area (Å²) in [5.41, 5.74) is 1.86. The van der Waals surface area contributed by atoms with Crippen molar-refractivity contribution in [1.82, 2.24) is 4.98 Å². The summed E-state index contributed by atoms with van der Waals surface area (Å²) in [5, 5.41) is 3.03. The van der Waals surface area contributed by atoms with E-state index in [9.17, 15) is 4.39 Å². The second kappa shape index (κ2) is 4.82. The van der Waals surface area contributed by atoms with E-state index in [-0.39, 0.29) is 0 Å². The van der Waals surface area contributed by atoms with Gasteiger partial charge in [0.25, 0.3) is 0 Å². The number of anilines is 2. The van der Waals surface area contributed by atoms with Crippen molar-refractivity contribution in [3.63, 3.8) is 0 Å². The highest BCUT2D eigenvalue weighted by Gasteiger charge is 2.01. The van der Waals surface area contributed by atoms with E-state index < -0.39 is 5.95 Å². The zero-order valence-corrected chi connectivity index (χ0v) is 9.70. The van der Waals surface area contributed by atoms with Gasteiger partial charge in [0.1, 0.15) is 11.6 Å². The maximum Gasteiger partial charge on any atom is 0.214 e. The van der Waals surface area contributed by atoms with Gasteiger partial charge >= 0.3 is 0 Å². The number of benzene rings is 1. The maximum absolute atomic E-state index is 12.9. The summed E-state index contributed by atoms with van der Waals surface area (Å²) < 4.78 is 18.1. The van der Waals surface area contributed by atoms with Crippen LogP contribution in [0.1, 0.15) is 5.56 Å². The summed E-state index contributed by atoms with van der Waals surface area (Å²) in [4.78, 5) is 3.73. The van der Waals surface area contributed by atoms with Crippen LogP contribution >= 0.6 is 0 Å². The zero-order valence-electron chi connectivity index (χ0n) is 9.70. The van der Waals surface area contributed by atoms with Crippen LogP contribution in [0.2, 0.25) is 0 Å². The highest BCUT2D eigenvalue weighted by Crippen LogP contribution is 2.23. The maximum atomic E-state index is 12.9. The third kappa shape index (κ3) is 2.72. The van der Waals surface area contributed by atoms with Crippen LogP contribution in [0.15, 0.2) is 36.4 Å². The lowest BCUT2D eigenvalue weighted by atomic mass is 10.2. The predicted molar refractivity (Wildman–Crippen MR) is 65.2 cm³/mol. The molecule has 1 aromatic carbocycles. The Kier molecular flexibility index (Phi) is 3.23. The first-order valence-corrected chi connectivity index (χ1v) is 5.23. The molecular weight excluding hydrogens is 219 g/mol. The number of nitrogens with one attached hydrogen (secondary N) is 1. The molecule has 1 aromatic heterocycles. The van der Waals surface area contributed by atoms with Crippen molar-refractivity contribution < 1.29 is 9.13 Å². The Morgan fingerprint density at radius 2 is 2.06 bits per heavy atom. The largest absolute Gasteiger partial charge is 0.496 e. The molecule has 0 spiro atoms. The van der Waals surface area contributed by atoms with E-state index in [1.165, 1.54) is 6.07 Å². The standard InChI is InChI=1S/C13H13FN2O/c1-9-8-10(6-7-11(9)17-2)15-13-5-3-4-12(14)16-13/h3-8H,1-2H3,(H,15,16). The van der Waals surface area contributed by atoms with Gasteiger partial charge in [-0.25, -0.2) is 4.98 Å². The van der Waals surface area contributed by atoms with Crippen LogP contribution in [0.5, 0.6) is 5.75 Å². The SMILES string of the molecule is COc1ccc(Nc2cccc(F)n2)cc1C. The van der Waals surface area contributed by atoms with Gasteiger partial charge in [-0.05, 0) is 42.8 Å². The number of rotatable bonds is 3. The molecule has 0 bridgehead atoms. The number of hydrogen-bond donors (Lipinski definition) is 1. The number of pyridine rings is 1. The third-order valence-electron chi connectivity index (χ3n) is 2.38. The van der Waals surface area contributed by atoms with Crippen molar-refractivity contribution in [2.75, 3.05) is 12.4 Å². The second-order valence-electron chi connectivity index (χ2n) is 3.65. The zero-order chi connectivity index (χ0) is 12.3. The molecule has 0 aliphatic carbocycles. The topological polar surface area (TPSA) is 34.1 Å². The number of nitrogens with zero attached hydrogens (tertiary/aromatic N) is 1. The summed E-state index contributed by atoms with van der Waals surface area (Å²) in [6.07, 6.45) is 0. The third-order valence-corrected chi connectivity index (χ3v) is 2.38. The first-order valence-electron chi connectivity index (χ1n) is 5.23. The molecule has 0 radical (unpaired) electrons. The van der Waals surface area contributed by atoms with Crippen LogP contribution in [0.3, 0.4) is 0 Å². The Labute approximate surface area is 99.3 Å². The molecule has 0 saturated heterocycles. The molecule has 3 nitrogen and oxygen atoms in total. The fraction of sp³-hybridized carbons (Fsp3) is 0.154. The molecule has 1 heterocycles. The Morgan fingerprint density at radius 3 is 2.71 bits per heavy atom. The number of hydrogen-bond acceptors (Lipinski definition) is 3. The molecule has 4 heteroatoms. The summed E-state index contributed by atoms with van der Waals surface area (Å²) in [5.74, 6) is 0.803. The van der Waals surface area contributed by atoms with E-state index in [1.807, 2.05) is 25.1 Å². The predicted octanol–water partition coefficient (Wildman–Crippen LogP) is 3.28. The number of halogens is 1. The van der Waals surface area contributed by atoms with Gasteiger partial charge < -0.3 is 10.1 Å². The smallest absolute Gasteiger partial charge is 0.214 e. The molecule has 0 atom stereocenters. The molecular formula is C13H13FN2O. The van der Waals surface area contributed by atoms with Gasteiger partial charge in [0.05, 0.1) is 7.11 Å². The van der Waals surface area contributed by atoms with Crippen molar-refractivity contribution in [3.05, 3.63) is 47.9 Å². The summed E-state index contributed by atoms with van der Waals surface area (Å²) in [6.45, 7) is 1.95. The highest BCUT2D eigenvalue weighted by molar-refractivity contribution is 5.58. The molecule has 0 aliphatic rings. The van der Waals surface area contributed by atoms with E-state index in [4.69, 9.17) is 4.74 Å². The van der Waals surface area contributed by atoms with E-state index in [2.05, 4.69) is 10.3 Å². The Bertz CT molecular complexity index is 529. The molecule has 0 unspecified atom stereocenters. The van der Waals surface area contributed by atoms with Crippen LogP contribution in [-0.4, -0.2) is 12.1 Å². The number of methoxy groups -OCH3 is 1. The van der Waals surface area contributed by atoms with Gasteiger partial charge in [0, 0.05) is 5.69 Å². The average Bonchev–Trinajstić information content (AvgIpc) is 2.29. The van der Waals surface area contributed by atoms with Crippen LogP contribution in [-0.2, 0) is 0 Å². The molecule has 0 amide bonds. The van der Waals surface area contributed by atoms with Crippen molar-refractivity contribution in [3.8, 4) is 5.75 Å².